The lowest BCUT2D eigenvalue weighted by Gasteiger charge is -2.22. The molecule has 0 saturated carbocycles. The zero-order valence-corrected chi connectivity index (χ0v) is 16.2. The minimum absolute atomic E-state index is 0.271. The molecular formula is C23H24NOP. The topological polar surface area (TPSA) is 21.6 Å². The smallest absolute Gasteiger partial charge is 0.216 e. The van der Waals surface area contributed by atoms with Crippen LogP contribution < -0.4 is 10.6 Å². The van der Waals surface area contributed by atoms with E-state index in [9.17, 15) is 0 Å². The van der Waals surface area contributed by atoms with Gasteiger partial charge in [0.2, 0.25) is 5.90 Å². The molecule has 132 valence electrons. The molecule has 1 atom stereocenters. The van der Waals surface area contributed by atoms with E-state index in [-0.39, 0.29) is 6.04 Å². The predicted molar refractivity (Wildman–Crippen MR) is 112 cm³/mol. The fraction of sp³-hybridized carbons (Fsp3) is 0.261. The van der Waals surface area contributed by atoms with Crippen molar-refractivity contribution in [1.29, 1.82) is 0 Å². The Morgan fingerprint density at radius 3 is 2.08 bits per heavy atom. The van der Waals surface area contributed by atoms with Crippen LogP contribution in [0.2, 0.25) is 0 Å². The van der Waals surface area contributed by atoms with Crippen molar-refractivity contribution >= 4 is 24.4 Å². The second kappa shape index (κ2) is 7.60. The summed E-state index contributed by atoms with van der Waals surface area (Å²) >= 11 is 0. The van der Waals surface area contributed by atoms with Crippen LogP contribution in [0, 0.1) is 5.92 Å². The van der Waals surface area contributed by atoms with Crippen LogP contribution in [0.15, 0.2) is 88.7 Å². The highest BCUT2D eigenvalue weighted by Crippen LogP contribution is 2.49. The fourth-order valence-corrected chi connectivity index (χ4v) is 5.88. The van der Waals surface area contributed by atoms with Gasteiger partial charge < -0.3 is 4.74 Å². The number of aliphatic imine (C=N–C) groups is 1. The van der Waals surface area contributed by atoms with Gasteiger partial charge in [-0.15, -0.1) is 0 Å². The Balaban J connectivity index is 1.73. The van der Waals surface area contributed by atoms with E-state index in [1.54, 1.807) is 0 Å². The third-order valence-electron chi connectivity index (χ3n) is 4.85. The molecule has 1 heterocycles. The SMILES string of the molecule is CC(C)[C@H]1COC(C2=CCC=C2P(c2ccccc2)c2ccccc2)=N1. The molecule has 0 amide bonds. The van der Waals surface area contributed by atoms with Crippen molar-refractivity contribution in [3.8, 4) is 0 Å². The van der Waals surface area contributed by atoms with Crippen LogP contribution in [0.1, 0.15) is 20.3 Å². The summed E-state index contributed by atoms with van der Waals surface area (Å²) in [6, 6.07) is 21.9. The molecule has 3 heteroatoms. The van der Waals surface area contributed by atoms with Crippen molar-refractivity contribution in [1.82, 2.24) is 0 Å². The first kappa shape index (κ1) is 17.2. The van der Waals surface area contributed by atoms with E-state index < -0.39 is 7.92 Å². The average molecular weight is 361 g/mol. The molecule has 2 aromatic carbocycles. The molecule has 0 unspecified atom stereocenters. The monoisotopic (exact) mass is 361 g/mol. The minimum atomic E-state index is -0.605. The van der Waals surface area contributed by atoms with Crippen molar-refractivity contribution in [2.75, 3.05) is 6.61 Å². The number of benzene rings is 2. The third-order valence-corrected chi connectivity index (χ3v) is 7.39. The maximum Gasteiger partial charge on any atom is 0.216 e. The molecule has 0 saturated heterocycles. The summed E-state index contributed by atoms with van der Waals surface area (Å²) in [4.78, 5) is 4.89. The van der Waals surface area contributed by atoms with Crippen molar-refractivity contribution in [3.63, 3.8) is 0 Å². The number of allylic oxidation sites excluding steroid dienone is 2. The zero-order valence-electron chi connectivity index (χ0n) is 15.3. The summed E-state index contributed by atoms with van der Waals surface area (Å²) in [5, 5.41) is 4.11. The maximum absolute atomic E-state index is 6.01. The Labute approximate surface area is 157 Å². The van der Waals surface area contributed by atoms with Gasteiger partial charge in [-0.3, -0.25) is 0 Å². The maximum atomic E-state index is 6.01. The van der Waals surface area contributed by atoms with Gasteiger partial charge in [0.25, 0.3) is 0 Å². The number of hydrogen-bond acceptors (Lipinski definition) is 2. The van der Waals surface area contributed by atoms with E-state index >= 15 is 0 Å². The van der Waals surface area contributed by atoms with Gasteiger partial charge in [-0.2, -0.15) is 0 Å². The minimum Gasteiger partial charge on any atom is -0.475 e. The van der Waals surface area contributed by atoms with Crippen molar-refractivity contribution in [3.05, 3.63) is 83.7 Å². The quantitative estimate of drug-likeness (QED) is 0.702. The largest absolute Gasteiger partial charge is 0.475 e. The summed E-state index contributed by atoms with van der Waals surface area (Å²) in [6.07, 6.45) is 5.59. The molecule has 0 N–H and O–H groups in total. The Bertz CT molecular complexity index is 813. The van der Waals surface area contributed by atoms with E-state index in [1.165, 1.54) is 21.5 Å². The molecular weight excluding hydrogens is 337 g/mol. The molecule has 2 nitrogen and oxygen atoms in total. The highest BCUT2D eigenvalue weighted by atomic mass is 31.1. The van der Waals surface area contributed by atoms with Crippen LogP contribution in [-0.2, 0) is 4.74 Å². The first-order valence-electron chi connectivity index (χ1n) is 9.26. The lowest BCUT2D eigenvalue weighted by molar-refractivity contribution is 0.291. The van der Waals surface area contributed by atoms with E-state index in [0.29, 0.717) is 12.5 Å². The van der Waals surface area contributed by atoms with Crippen molar-refractivity contribution in [2.45, 2.75) is 26.3 Å². The van der Waals surface area contributed by atoms with Gasteiger partial charge in [0.15, 0.2) is 0 Å². The number of ether oxygens (including phenoxy) is 1. The lowest BCUT2D eigenvalue weighted by Crippen LogP contribution is -2.15. The lowest BCUT2D eigenvalue weighted by atomic mass is 10.1. The summed E-state index contributed by atoms with van der Waals surface area (Å²) in [6.45, 7) is 5.12. The summed E-state index contributed by atoms with van der Waals surface area (Å²) < 4.78 is 6.01. The highest BCUT2D eigenvalue weighted by Gasteiger charge is 2.31. The highest BCUT2D eigenvalue weighted by molar-refractivity contribution is 7.77. The van der Waals surface area contributed by atoms with E-state index in [4.69, 9.17) is 9.73 Å². The standard InChI is InChI=1S/C23H24NOP/c1-17(2)21-16-25-23(24-21)20-14-9-15-22(20)26(18-10-5-3-6-11-18)19-12-7-4-8-13-19/h3-8,10-15,17,21H,9,16H2,1-2H3/t21-/m1/s1. The zero-order chi connectivity index (χ0) is 17.9. The summed E-state index contributed by atoms with van der Waals surface area (Å²) in [7, 11) is -0.605. The van der Waals surface area contributed by atoms with Gasteiger partial charge in [-0.05, 0) is 36.2 Å². The molecule has 2 aliphatic rings. The molecule has 4 rings (SSSR count). The molecule has 0 radical (unpaired) electrons. The molecule has 2 aromatic rings. The molecule has 0 aromatic heterocycles. The van der Waals surface area contributed by atoms with Crippen LogP contribution in [-0.4, -0.2) is 18.5 Å². The summed E-state index contributed by atoms with van der Waals surface area (Å²) in [5.74, 6) is 1.35. The summed E-state index contributed by atoms with van der Waals surface area (Å²) in [5.41, 5.74) is 1.20. The van der Waals surface area contributed by atoms with Gasteiger partial charge >= 0.3 is 0 Å². The molecule has 1 aliphatic heterocycles. The average Bonchev–Trinajstić information content (AvgIpc) is 3.33. The predicted octanol–water partition coefficient (Wildman–Crippen LogP) is 4.79. The Kier molecular flexibility index (Phi) is 5.04. The van der Waals surface area contributed by atoms with E-state index in [2.05, 4.69) is 86.7 Å². The number of nitrogens with zero attached hydrogens (tertiary/aromatic N) is 1. The molecule has 0 bridgehead atoms. The van der Waals surface area contributed by atoms with Gasteiger partial charge in [-0.25, -0.2) is 4.99 Å². The van der Waals surface area contributed by atoms with Crippen LogP contribution in [0.25, 0.3) is 0 Å². The molecule has 0 fully saturated rings. The van der Waals surface area contributed by atoms with Crippen molar-refractivity contribution < 1.29 is 4.74 Å². The Hall–Kier alpha value is -2.18. The number of rotatable bonds is 5. The number of hydrogen-bond donors (Lipinski definition) is 0. The Morgan fingerprint density at radius 2 is 1.54 bits per heavy atom. The first-order chi connectivity index (χ1) is 12.7. The van der Waals surface area contributed by atoms with Crippen LogP contribution >= 0.6 is 7.92 Å². The van der Waals surface area contributed by atoms with Gasteiger partial charge in [0.05, 0.1) is 6.04 Å². The molecule has 26 heavy (non-hydrogen) atoms. The van der Waals surface area contributed by atoms with Crippen LogP contribution in [0.5, 0.6) is 0 Å². The Morgan fingerprint density at radius 1 is 0.923 bits per heavy atom. The van der Waals surface area contributed by atoms with E-state index in [0.717, 1.165) is 12.3 Å². The van der Waals surface area contributed by atoms with Gasteiger partial charge in [0, 0.05) is 5.57 Å². The van der Waals surface area contributed by atoms with Gasteiger partial charge in [0.1, 0.15) is 6.61 Å². The third kappa shape index (κ3) is 3.39. The second-order valence-corrected chi connectivity index (χ2v) is 9.19. The van der Waals surface area contributed by atoms with Crippen molar-refractivity contribution in [2.24, 2.45) is 10.9 Å². The second-order valence-electron chi connectivity index (χ2n) is 7.01. The van der Waals surface area contributed by atoms with Crippen LogP contribution in [0.3, 0.4) is 0 Å². The molecule has 1 aliphatic carbocycles. The molecule has 0 spiro atoms. The normalized spacial score (nSPS) is 19.4. The van der Waals surface area contributed by atoms with Gasteiger partial charge in [-0.1, -0.05) is 86.7 Å². The fourth-order valence-electron chi connectivity index (χ4n) is 3.37. The van der Waals surface area contributed by atoms with Crippen LogP contribution in [0.4, 0.5) is 0 Å². The van der Waals surface area contributed by atoms with E-state index in [1.807, 2.05) is 0 Å². The first-order valence-corrected chi connectivity index (χ1v) is 10.6.